The van der Waals surface area contributed by atoms with Gasteiger partial charge in [-0.15, -0.1) is 0 Å². The number of nitrogens with zero attached hydrogens (tertiary/aromatic N) is 1. The van der Waals surface area contributed by atoms with Gasteiger partial charge in [-0.05, 0) is 44.2 Å². The van der Waals surface area contributed by atoms with E-state index < -0.39 is 9.84 Å². The van der Waals surface area contributed by atoms with Crippen molar-refractivity contribution >= 4 is 15.8 Å². The summed E-state index contributed by atoms with van der Waals surface area (Å²) in [5, 5.41) is 6.57. The highest BCUT2D eigenvalue weighted by Crippen LogP contribution is 2.22. The lowest BCUT2D eigenvalue weighted by atomic mass is 9.90. The first kappa shape index (κ1) is 23.3. The lowest BCUT2D eigenvalue weighted by Gasteiger charge is -2.25. The van der Waals surface area contributed by atoms with Crippen LogP contribution in [0.5, 0.6) is 5.75 Å². The van der Waals surface area contributed by atoms with Gasteiger partial charge in [-0.3, -0.25) is 0 Å². The molecule has 0 heterocycles. The molecule has 0 atom stereocenters. The quantitative estimate of drug-likeness (QED) is 0.469. The van der Waals surface area contributed by atoms with E-state index in [9.17, 15) is 8.42 Å². The first-order valence-electron chi connectivity index (χ1n) is 9.48. The van der Waals surface area contributed by atoms with Crippen LogP contribution in [0.15, 0.2) is 23.2 Å². The molecule has 1 aromatic rings. The van der Waals surface area contributed by atoms with E-state index in [1.165, 1.54) is 6.26 Å². The second-order valence-electron chi connectivity index (χ2n) is 7.64. The Morgan fingerprint density at radius 3 is 2.52 bits per heavy atom. The van der Waals surface area contributed by atoms with E-state index in [1.54, 1.807) is 0 Å². The van der Waals surface area contributed by atoms with Gasteiger partial charge in [0.1, 0.15) is 15.6 Å². The van der Waals surface area contributed by atoms with Crippen LogP contribution >= 0.6 is 0 Å². The van der Waals surface area contributed by atoms with Crippen LogP contribution in [0.4, 0.5) is 0 Å². The van der Waals surface area contributed by atoms with Crippen molar-refractivity contribution in [2.45, 2.75) is 47.6 Å². The third-order valence-electron chi connectivity index (χ3n) is 4.16. The minimum absolute atomic E-state index is 0.153. The summed E-state index contributed by atoms with van der Waals surface area (Å²) in [6, 6.07) is 6.13. The Morgan fingerprint density at radius 2 is 1.93 bits per heavy atom. The van der Waals surface area contributed by atoms with Crippen molar-refractivity contribution in [1.82, 2.24) is 10.6 Å². The largest absolute Gasteiger partial charge is 0.494 e. The monoisotopic (exact) mass is 397 g/mol. The molecule has 27 heavy (non-hydrogen) atoms. The van der Waals surface area contributed by atoms with E-state index in [4.69, 9.17) is 4.74 Å². The second-order valence-corrected chi connectivity index (χ2v) is 9.90. The van der Waals surface area contributed by atoms with Gasteiger partial charge in [0.2, 0.25) is 0 Å². The highest BCUT2D eigenvalue weighted by Gasteiger charge is 2.20. The molecule has 0 radical (unpaired) electrons. The van der Waals surface area contributed by atoms with Crippen LogP contribution in [0.1, 0.15) is 45.2 Å². The minimum Gasteiger partial charge on any atom is -0.494 e. The van der Waals surface area contributed by atoms with Gasteiger partial charge in [0.25, 0.3) is 0 Å². The van der Waals surface area contributed by atoms with Crippen molar-refractivity contribution < 1.29 is 13.2 Å². The van der Waals surface area contributed by atoms with Gasteiger partial charge in [0.15, 0.2) is 5.96 Å². The maximum absolute atomic E-state index is 11.4. The van der Waals surface area contributed by atoms with Crippen LogP contribution in [-0.2, 0) is 16.4 Å². The van der Waals surface area contributed by atoms with Crippen LogP contribution < -0.4 is 15.4 Å². The molecular formula is C20H35N3O3S. The zero-order chi connectivity index (χ0) is 20.5. The summed E-state index contributed by atoms with van der Waals surface area (Å²) in [5.74, 6) is 1.77. The van der Waals surface area contributed by atoms with E-state index in [0.717, 1.165) is 23.4 Å². The summed E-state index contributed by atoms with van der Waals surface area (Å²) >= 11 is 0. The molecule has 154 valence electrons. The first-order chi connectivity index (χ1) is 12.6. The molecule has 0 amide bonds. The number of benzene rings is 1. The summed E-state index contributed by atoms with van der Waals surface area (Å²) in [6.07, 6.45) is 1.88. The lowest BCUT2D eigenvalue weighted by molar-refractivity contribution is 0.336. The number of nitrogens with one attached hydrogen (secondary N) is 2. The predicted molar refractivity (Wildman–Crippen MR) is 113 cm³/mol. The summed E-state index contributed by atoms with van der Waals surface area (Å²) in [7, 11) is -2.95. The molecule has 0 bridgehead atoms. The average molecular weight is 398 g/mol. The fourth-order valence-corrected chi connectivity index (χ4v) is 3.38. The first-order valence-corrected chi connectivity index (χ1v) is 11.5. The predicted octanol–water partition coefficient (Wildman–Crippen LogP) is 2.91. The van der Waals surface area contributed by atoms with Gasteiger partial charge in [-0.1, -0.05) is 26.0 Å². The molecule has 0 saturated heterocycles. The fourth-order valence-electron chi connectivity index (χ4n) is 2.46. The molecule has 0 unspecified atom stereocenters. The van der Waals surface area contributed by atoms with Crippen molar-refractivity contribution in [2.24, 2.45) is 10.4 Å². The standard InChI is InChI=1S/C20H35N3O3S/c1-7-21-19(23-15-20(4,5)11-12-27(6,24)25)22-14-17-10-9-16(3)13-18(17)26-8-2/h9-10,13H,7-8,11-12,14-15H2,1-6H3,(H2,21,22,23). The molecule has 1 rings (SSSR count). The van der Waals surface area contributed by atoms with E-state index in [0.29, 0.717) is 32.1 Å². The van der Waals surface area contributed by atoms with Crippen LogP contribution in [0.3, 0.4) is 0 Å². The van der Waals surface area contributed by atoms with Crippen molar-refractivity contribution in [1.29, 1.82) is 0 Å². The molecular weight excluding hydrogens is 362 g/mol. The number of aryl methyl sites for hydroxylation is 1. The maximum atomic E-state index is 11.4. The number of hydrogen-bond acceptors (Lipinski definition) is 4. The van der Waals surface area contributed by atoms with Gasteiger partial charge in [-0.25, -0.2) is 13.4 Å². The zero-order valence-corrected chi connectivity index (χ0v) is 18.4. The number of rotatable bonds is 10. The molecule has 0 saturated carbocycles. The maximum Gasteiger partial charge on any atom is 0.191 e. The summed E-state index contributed by atoms with van der Waals surface area (Å²) in [4.78, 5) is 4.66. The molecule has 0 aliphatic heterocycles. The van der Waals surface area contributed by atoms with Gasteiger partial charge < -0.3 is 15.4 Å². The highest BCUT2D eigenvalue weighted by atomic mass is 32.2. The molecule has 0 fully saturated rings. The molecule has 7 heteroatoms. The Hall–Kier alpha value is -1.76. The number of ether oxygens (including phenoxy) is 1. The average Bonchev–Trinajstić information content (AvgIpc) is 2.57. The number of aliphatic imine (C=N–C) groups is 1. The molecule has 0 aliphatic rings. The van der Waals surface area contributed by atoms with E-state index in [-0.39, 0.29) is 11.2 Å². The van der Waals surface area contributed by atoms with Crippen molar-refractivity contribution in [3.05, 3.63) is 29.3 Å². The van der Waals surface area contributed by atoms with E-state index in [1.807, 2.05) is 32.9 Å². The Balaban J connectivity index is 2.78. The topological polar surface area (TPSA) is 79.8 Å². The van der Waals surface area contributed by atoms with Crippen molar-refractivity contribution in [3.63, 3.8) is 0 Å². The molecule has 0 aromatic heterocycles. The number of hydrogen-bond donors (Lipinski definition) is 2. The zero-order valence-electron chi connectivity index (χ0n) is 17.6. The van der Waals surface area contributed by atoms with Gasteiger partial charge in [0, 0.05) is 24.9 Å². The second kappa shape index (κ2) is 10.5. The Bertz CT molecular complexity index is 728. The smallest absolute Gasteiger partial charge is 0.191 e. The number of guanidine groups is 1. The summed E-state index contributed by atoms with van der Waals surface area (Å²) < 4.78 is 28.6. The van der Waals surface area contributed by atoms with Crippen LogP contribution in [0, 0.1) is 12.3 Å². The third-order valence-corrected chi connectivity index (χ3v) is 5.10. The Morgan fingerprint density at radius 1 is 1.22 bits per heavy atom. The fraction of sp³-hybridized carbons (Fsp3) is 0.650. The van der Waals surface area contributed by atoms with Crippen LogP contribution in [0.2, 0.25) is 0 Å². The van der Waals surface area contributed by atoms with Gasteiger partial charge in [0.05, 0.1) is 18.9 Å². The minimum atomic E-state index is -2.95. The van der Waals surface area contributed by atoms with Crippen molar-refractivity contribution in [2.75, 3.05) is 31.7 Å². The van der Waals surface area contributed by atoms with E-state index >= 15 is 0 Å². The van der Waals surface area contributed by atoms with Gasteiger partial charge in [-0.2, -0.15) is 0 Å². The Kier molecular flexibility index (Phi) is 9.09. The number of sulfone groups is 1. The Labute approximate surface area is 164 Å². The SMILES string of the molecule is CCNC(=NCc1ccc(C)cc1OCC)NCC(C)(C)CCS(C)(=O)=O. The molecule has 0 aliphatic carbocycles. The van der Waals surface area contributed by atoms with Crippen molar-refractivity contribution in [3.8, 4) is 5.75 Å². The van der Waals surface area contributed by atoms with E-state index in [2.05, 4.69) is 35.5 Å². The lowest BCUT2D eigenvalue weighted by Crippen LogP contribution is -2.42. The molecule has 0 spiro atoms. The van der Waals surface area contributed by atoms with Gasteiger partial charge >= 0.3 is 0 Å². The molecule has 1 aromatic carbocycles. The normalized spacial score (nSPS) is 12.7. The molecule has 6 nitrogen and oxygen atoms in total. The summed E-state index contributed by atoms with van der Waals surface area (Å²) in [6.45, 7) is 12.7. The highest BCUT2D eigenvalue weighted by molar-refractivity contribution is 7.90. The summed E-state index contributed by atoms with van der Waals surface area (Å²) in [5.41, 5.74) is 2.04. The van der Waals surface area contributed by atoms with Crippen LogP contribution in [0.25, 0.3) is 0 Å². The third kappa shape index (κ3) is 9.65. The molecule has 2 N–H and O–H groups in total. The van der Waals surface area contributed by atoms with Crippen LogP contribution in [-0.4, -0.2) is 46.1 Å².